The maximum atomic E-state index is 4.64. The Labute approximate surface area is 388 Å². The van der Waals surface area contributed by atoms with Crippen molar-refractivity contribution in [2.24, 2.45) is 0 Å². The SMILES string of the molecule is Brc1cc(-c2ccccc2)c2ccc3cccnc3c2n1.Brc1cc(-c2ccccc2)c2ccc3cccnc3c2n1.Brc1cc(-c2ccccc2)c2ccc3cccnc3c2n1. The number of pyridine rings is 6. The van der Waals surface area contributed by atoms with Gasteiger partial charge in [0.2, 0.25) is 0 Å². The van der Waals surface area contributed by atoms with Crippen molar-refractivity contribution >= 4 is 113 Å². The van der Waals surface area contributed by atoms with Crippen molar-refractivity contribution in [3.8, 4) is 33.4 Å². The third kappa shape index (κ3) is 8.31. The quantitative estimate of drug-likeness (QED) is 0.130. The molecule has 6 aromatic carbocycles. The van der Waals surface area contributed by atoms with E-state index < -0.39 is 0 Å². The summed E-state index contributed by atoms with van der Waals surface area (Å²) in [5.41, 5.74) is 12.7. The van der Waals surface area contributed by atoms with Gasteiger partial charge in [0.15, 0.2) is 0 Å². The van der Waals surface area contributed by atoms with Gasteiger partial charge in [-0.05, 0) is 118 Å². The largest absolute Gasteiger partial charge is 0.254 e. The van der Waals surface area contributed by atoms with Gasteiger partial charge < -0.3 is 0 Å². The molecule has 0 bridgehead atoms. The van der Waals surface area contributed by atoms with E-state index in [1.807, 2.05) is 55.0 Å². The van der Waals surface area contributed by atoms with Crippen molar-refractivity contribution in [3.63, 3.8) is 0 Å². The zero-order chi connectivity index (χ0) is 42.7. The summed E-state index contributed by atoms with van der Waals surface area (Å²) in [6, 6.07) is 62.0. The van der Waals surface area contributed by atoms with E-state index in [-0.39, 0.29) is 0 Å². The van der Waals surface area contributed by atoms with E-state index >= 15 is 0 Å². The van der Waals surface area contributed by atoms with E-state index in [9.17, 15) is 0 Å². The number of aromatic nitrogens is 6. The smallest absolute Gasteiger partial charge is 0.107 e. The Balaban J connectivity index is 0.000000112. The van der Waals surface area contributed by atoms with Gasteiger partial charge in [0.25, 0.3) is 0 Å². The highest BCUT2D eigenvalue weighted by Crippen LogP contribution is 2.36. The van der Waals surface area contributed by atoms with Gasteiger partial charge in [0.1, 0.15) is 13.8 Å². The number of rotatable bonds is 3. The maximum Gasteiger partial charge on any atom is 0.107 e. The van der Waals surface area contributed by atoms with Crippen LogP contribution in [-0.4, -0.2) is 29.9 Å². The molecule has 12 rings (SSSR count). The van der Waals surface area contributed by atoms with Crippen LogP contribution in [0.3, 0.4) is 0 Å². The van der Waals surface area contributed by atoms with Crippen molar-refractivity contribution < 1.29 is 0 Å². The number of fused-ring (bicyclic) bond motifs is 9. The van der Waals surface area contributed by atoms with Crippen LogP contribution in [0.1, 0.15) is 0 Å². The van der Waals surface area contributed by atoms with E-state index in [0.29, 0.717) is 0 Å². The minimum Gasteiger partial charge on any atom is -0.254 e. The second-order valence-corrected chi connectivity index (χ2v) is 17.1. The van der Waals surface area contributed by atoms with Gasteiger partial charge >= 0.3 is 0 Å². The van der Waals surface area contributed by atoms with Crippen LogP contribution in [0.15, 0.2) is 214 Å². The molecule has 0 unspecified atom stereocenters. The van der Waals surface area contributed by atoms with Gasteiger partial charge in [0.05, 0.1) is 33.1 Å². The molecule has 0 N–H and O–H groups in total. The maximum absolute atomic E-state index is 4.64. The monoisotopic (exact) mass is 1000 g/mol. The second kappa shape index (κ2) is 17.9. The molecule has 0 fully saturated rings. The lowest BCUT2D eigenvalue weighted by atomic mass is 10.00. The summed E-state index contributed by atoms with van der Waals surface area (Å²) >= 11 is 10.6. The number of benzene rings is 6. The zero-order valence-corrected chi connectivity index (χ0v) is 38.1. The van der Waals surface area contributed by atoms with E-state index in [2.05, 4.69) is 223 Å². The fraction of sp³-hybridized carbons (Fsp3) is 0. The molecule has 6 heterocycles. The molecule has 0 spiro atoms. The third-order valence-electron chi connectivity index (χ3n) is 10.8. The predicted octanol–water partition coefficient (Wildman–Crippen LogP) is 15.6. The van der Waals surface area contributed by atoms with Crippen LogP contribution in [0.4, 0.5) is 0 Å². The van der Waals surface area contributed by atoms with Crippen molar-refractivity contribution in [1.29, 1.82) is 0 Å². The summed E-state index contributed by atoms with van der Waals surface area (Å²) in [5, 5.41) is 6.68. The molecule has 63 heavy (non-hydrogen) atoms. The average Bonchev–Trinajstić information content (AvgIpc) is 3.34. The van der Waals surface area contributed by atoms with Crippen molar-refractivity contribution in [2.45, 2.75) is 0 Å². The summed E-state index contributed by atoms with van der Waals surface area (Å²) in [5.74, 6) is 0. The highest BCUT2D eigenvalue weighted by molar-refractivity contribution is 9.11. The summed E-state index contributed by atoms with van der Waals surface area (Å²) in [6.45, 7) is 0. The Morgan fingerprint density at radius 3 is 0.841 bits per heavy atom. The molecule has 0 saturated heterocycles. The Kier molecular flexibility index (Phi) is 11.5. The van der Waals surface area contributed by atoms with Crippen molar-refractivity contribution in [2.75, 3.05) is 0 Å². The van der Waals surface area contributed by atoms with Gasteiger partial charge in [0, 0.05) is 50.9 Å². The average molecular weight is 1010 g/mol. The van der Waals surface area contributed by atoms with Gasteiger partial charge in [-0.2, -0.15) is 0 Å². The number of halogens is 3. The van der Waals surface area contributed by atoms with E-state index in [0.717, 1.165) is 79.2 Å². The zero-order valence-electron chi connectivity index (χ0n) is 33.4. The molecule has 0 atom stereocenters. The molecule has 300 valence electrons. The first-order valence-electron chi connectivity index (χ1n) is 20.2. The van der Waals surface area contributed by atoms with Gasteiger partial charge in [-0.3, -0.25) is 15.0 Å². The third-order valence-corrected chi connectivity index (χ3v) is 12.0. The van der Waals surface area contributed by atoms with Gasteiger partial charge in [-0.1, -0.05) is 146 Å². The fourth-order valence-corrected chi connectivity index (χ4v) is 9.18. The summed E-state index contributed by atoms with van der Waals surface area (Å²) in [6.07, 6.45) is 5.44. The number of nitrogens with zero attached hydrogens (tertiary/aromatic N) is 6. The summed E-state index contributed by atoms with van der Waals surface area (Å²) in [7, 11) is 0. The molecule has 0 aliphatic rings. The Morgan fingerprint density at radius 2 is 0.556 bits per heavy atom. The standard InChI is InChI=1S/3C18H11BrN2/c3*19-16-11-15(12-5-2-1-3-6-12)14-9-8-13-7-4-10-20-17(13)18(14)21-16/h3*1-11H. The minimum atomic E-state index is 0.826. The molecule has 0 saturated carbocycles. The molecule has 0 aliphatic carbocycles. The van der Waals surface area contributed by atoms with Gasteiger partial charge in [-0.15, -0.1) is 0 Å². The molecule has 6 aromatic heterocycles. The second-order valence-electron chi connectivity index (χ2n) is 14.7. The van der Waals surface area contributed by atoms with Crippen molar-refractivity contribution in [1.82, 2.24) is 29.9 Å². The highest BCUT2D eigenvalue weighted by atomic mass is 79.9. The van der Waals surface area contributed by atoms with Crippen LogP contribution in [0.25, 0.3) is 98.8 Å². The lowest BCUT2D eigenvalue weighted by Gasteiger charge is -2.09. The Morgan fingerprint density at radius 1 is 0.270 bits per heavy atom. The molecule has 12 aromatic rings. The van der Waals surface area contributed by atoms with Crippen LogP contribution in [0, 0.1) is 0 Å². The molecule has 9 heteroatoms. The first kappa shape index (κ1) is 40.3. The molecule has 0 aliphatic heterocycles. The van der Waals surface area contributed by atoms with Crippen molar-refractivity contribution in [3.05, 3.63) is 214 Å². The number of hydrogen-bond acceptors (Lipinski definition) is 6. The molecule has 0 amide bonds. The Bertz CT molecular complexity index is 3230. The lowest BCUT2D eigenvalue weighted by Crippen LogP contribution is -1.89. The fourth-order valence-electron chi connectivity index (χ4n) is 7.96. The van der Waals surface area contributed by atoms with Crippen LogP contribution in [0.2, 0.25) is 0 Å². The minimum absolute atomic E-state index is 0.826. The van der Waals surface area contributed by atoms with Crippen LogP contribution in [-0.2, 0) is 0 Å². The predicted molar refractivity (Wildman–Crippen MR) is 271 cm³/mol. The molecule has 0 radical (unpaired) electrons. The summed E-state index contributed by atoms with van der Waals surface area (Å²) < 4.78 is 2.48. The van der Waals surface area contributed by atoms with Crippen LogP contribution in [0.5, 0.6) is 0 Å². The van der Waals surface area contributed by atoms with E-state index in [1.54, 1.807) is 0 Å². The normalized spacial score (nSPS) is 11.1. The molecule has 6 nitrogen and oxygen atoms in total. The van der Waals surface area contributed by atoms with E-state index in [1.165, 1.54) is 33.4 Å². The summed E-state index contributed by atoms with van der Waals surface area (Å²) in [4.78, 5) is 27.4. The first-order valence-corrected chi connectivity index (χ1v) is 22.5. The topological polar surface area (TPSA) is 77.3 Å². The Hall–Kier alpha value is -6.78. The van der Waals surface area contributed by atoms with Crippen LogP contribution >= 0.6 is 47.8 Å². The lowest BCUT2D eigenvalue weighted by molar-refractivity contribution is 1.34. The van der Waals surface area contributed by atoms with Crippen LogP contribution < -0.4 is 0 Å². The van der Waals surface area contributed by atoms with Gasteiger partial charge in [-0.25, -0.2) is 15.0 Å². The molecular weight excluding hydrogens is 972 g/mol. The van der Waals surface area contributed by atoms with E-state index in [4.69, 9.17) is 0 Å². The highest BCUT2D eigenvalue weighted by Gasteiger charge is 2.13. The molecular formula is C54H33Br3N6. The first-order chi connectivity index (χ1) is 31.0. The number of hydrogen-bond donors (Lipinski definition) is 0.